The second-order valence-electron chi connectivity index (χ2n) is 9.94. The van der Waals surface area contributed by atoms with Crippen LogP contribution in [0, 0.1) is 0 Å². The summed E-state index contributed by atoms with van der Waals surface area (Å²) in [5.74, 6) is -2.94. The SMILES string of the molecule is CC(=O)OC[C@H]1OC(c2cc(Cc3cc4ccccc4n3C)ccc2O)[C@H](OC(C)=O)C(OC(C)=O)[C@@H]1OC(C)=O. The summed E-state index contributed by atoms with van der Waals surface area (Å²) in [6.07, 6.45) is -5.72. The molecule has 1 aliphatic heterocycles. The summed E-state index contributed by atoms with van der Waals surface area (Å²) in [6, 6.07) is 15.1. The third-order valence-corrected chi connectivity index (χ3v) is 6.83. The summed E-state index contributed by atoms with van der Waals surface area (Å²) in [6.45, 7) is 4.33. The van der Waals surface area contributed by atoms with Gasteiger partial charge in [0.05, 0.1) is 0 Å². The maximum absolute atomic E-state index is 12.2. The predicted octanol–water partition coefficient (Wildman–Crippen LogP) is 3.27. The zero-order chi connectivity index (χ0) is 29.8. The Morgan fingerprint density at radius 2 is 1.46 bits per heavy atom. The van der Waals surface area contributed by atoms with Crippen molar-refractivity contribution < 1.29 is 48.0 Å². The predicted molar refractivity (Wildman–Crippen MR) is 145 cm³/mol. The van der Waals surface area contributed by atoms with Crippen LogP contribution in [0.5, 0.6) is 5.75 Å². The highest BCUT2D eigenvalue weighted by atomic mass is 16.7. The number of aromatic hydroxyl groups is 1. The lowest BCUT2D eigenvalue weighted by atomic mass is 9.89. The monoisotopic (exact) mass is 567 g/mol. The summed E-state index contributed by atoms with van der Waals surface area (Å²) in [5.41, 5.74) is 3.15. The smallest absolute Gasteiger partial charge is 0.303 e. The van der Waals surface area contributed by atoms with Gasteiger partial charge in [-0.2, -0.15) is 0 Å². The summed E-state index contributed by atoms with van der Waals surface area (Å²) >= 11 is 0. The standard InChI is InChI=1S/C30H33NO10/c1-16(32)37-15-26-28(38-17(2)33)30(40-19(4)35)29(39-18(3)34)27(41-26)23-13-20(10-11-25(23)36)12-22-14-21-8-6-7-9-24(21)31(22)5/h6-11,13-14,26-30,36H,12,15H2,1-5H3/t26-,27?,28-,29+,30?/m1/s1. The number of carbonyl (C=O) groups excluding carboxylic acids is 4. The van der Waals surface area contributed by atoms with Crippen LogP contribution in [-0.2, 0) is 56.3 Å². The first-order chi connectivity index (χ1) is 19.4. The van der Waals surface area contributed by atoms with Gasteiger partial charge < -0.3 is 33.4 Å². The maximum Gasteiger partial charge on any atom is 0.303 e. The molecule has 0 aliphatic carbocycles. The Labute approximate surface area is 236 Å². The number of carbonyl (C=O) groups is 4. The van der Waals surface area contributed by atoms with Gasteiger partial charge in [-0.15, -0.1) is 0 Å². The molecule has 218 valence electrons. The van der Waals surface area contributed by atoms with Gasteiger partial charge in [-0.1, -0.05) is 24.3 Å². The molecule has 3 aromatic rings. The van der Waals surface area contributed by atoms with E-state index in [1.54, 1.807) is 12.1 Å². The molecule has 11 heteroatoms. The fourth-order valence-electron chi connectivity index (χ4n) is 5.15. The van der Waals surface area contributed by atoms with Crippen LogP contribution in [-0.4, -0.2) is 64.6 Å². The highest BCUT2D eigenvalue weighted by Gasteiger charge is 2.53. The fourth-order valence-corrected chi connectivity index (χ4v) is 5.15. The zero-order valence-corrected chi connectivity index (χ0v) is 23.5. The van der Waals surface area contributed by atoms with Crippen molar-refractivity contribution in [2.75, 3.05) is 6.61 Å². The average molecular weight is 568 g/mol. The maximum atomic E-state index is 12.2. The van der Waals surface area contributed by atoms with Crippen molar-refractivity contribution in [3.8, 4) is 5.75 Å². The normalized spacial score (nSPS) is 22.1. The minimum Gasteiger partial charge on any atom is -0.508 e. The molecule has 41 heavy (non-hydrogen) atoms. The van der Waals surface area contributed by atoms with Gasteiger partial charge in [-0.05, 0) is 35.2 Å². The lowest BCUT2D eigenvalue weighted by Gasteiger charge is -2.44. The zero-order valence-electron chi connectivity index (χ0n) is 23.5. The van der Waals surface area contributed by atoms with Crippen LogP contribution in [0.1, 0.15) is 50.6 Å². The van der Waals surface area contributed by atoms with Gasteiger partial charge >= 0.3 is 23.9 Å². The van der Waals surface area contributed by atoms with Crippen LogP contribution >= 0.6 is 0 Å². The molecule has 0 spiro atoms. The lowest BCUT2D eigenvalue weighted by Crippen LogP contribution is -2.59. The molecule has 11 nitrogen and oxygen atoms in total. The highest BCUT2D eigenvalue weighted by Crippen LogP contribution is 2.41. The van der Waals surface area contributed by atoms with E-state index in [4.69, 9.17) is 23.7 Å². The van der Waals surface area contributed by atoms with Crippen LogP contribution in [0.2, 0.25) is 0 Å². The van der Waals surface area contributed by atoms with E-state index in [1.807, 2.05) is 31.3 Å². The largest absolute Gasteiger partial charge is 0.508 e. The van der Waals surface area contributed by atoms with Gasteiger partial charge in [0.25, 0.3) is 0 Å². The van der Waals surface area contributed by atoms with Crippen LogP contribution < -0.4 is 0 Å². The Morgan fingerprint density at radius 3 is 2.10 bits per heavy atom. The van der Waals surface area contributed by atoms with E-state index in [0.717, 1.165) is 36.0 Å². The number of ether oxygens (including phenoxy) is 5. The molecular formula is C30H33NO10. The number of benzene rings is 2. The molecular weight excluding hydrogens is 534 g/mol. The molecule has 1 N–H and O–H groups in total. The molecule has 1 saturated heterocycles. The third-order valence-electron chi connectivity index (χ3n) is 6.83. The van der Waals surface area contributed by atoms with E-state index in [9.17, 15) is 24.3 Å². The second kappa shape index (κ2) is 12.4. The van der Waals surface area contributed by atoms with Crippen LogP contribution in [0.15, 0.2) is 48.5 Å². The lowest BCUT2D eigenvalue weighted by molar-refractivity contribution is -0.254. The second-order valence-corrected chi connectivity index (χ2v) is 9.94. The van der Waals surface area contributed by atoms with Crippen molar-refractivity contribution in [1.82, 2.24) is 4.57 Å². The van der Waals surface area contributed by atoms with Gasteiger partial charge in [-0.25, -0.2) is 0 Å². The molecule has 0 saturated carbocycles. The quantitative estimate of drug-likeness (QED) is 0.319. The Kier molecular flexibility index (Phi) is 8.97. The minimum atomic E-state index is -1.33. The Hall–Kier alpha value is -4.38. The summed E-state index contributed by atoms with van der Waals surface area (Å²) in [5, 5.41) is 12.0. The molecule has 2 unspecified atom stereocenters. The van der Waals surface area contributed by atoms with E-state index in [1.165, 1.54) is 19.9 Å². The average Bonchev–Trinajstić information content (AvgIpc) is 3.20. The van der Waals surface area contributed by atoms with Crippen LogP contribution in [0.4, 0.5) is 0 Å². The Balaban J connectivity index is 1.77. The number of rotatable bonds is 8. The van der Waals surface area contributed by atoms with Crippen molar-refractivity contribution in [3.63, 3.8) is 0 Å². The molecule has 0 amide bonds. The number of nitrogens with zero attached hydrogens (tertiary/aromatic N) is 1. The van der Waals surface area contributed by atoms with E-state index in [-0.39, 0.29) is 17.9 Å². The molecule has 1 aromatic heterocycles. The number of para-hydroxylation sites is 1. The molecule has 2 heterocycles. The van der Waals surface area contributed by atoms with Gasteiger partial charge in [0.15, 0.2) is 18.3 Å². The van der Waals surface area contributed by atoms with Crippen molar-refractivity contribution in [2.24, 2.45) is 7.05 Å². The molecule has 1 fully saturated rings. The van der Waals surface area contributed by atoms with E-state index in [0.29, 0.717) is 6.42 Å². The number of esters is 4. The number of aryl methyl sites for hydroxylation is 1. The van der Waals surface area contributed by atoms with Crippen molar-refractivity contribution in [2.45, 2.75) is 64.6 Å². The van der Waals surface area contributed by atoms with Crippen molar-refractivity contribution >= 4 is 34.8 Å². The number of phenols is 1. The highest BCUT2D eigenvalue weighted by molar-refractivity contribution is 5.81. The molecule has 1 aliphatic rings. The molecule has 4 rings (SSSR count). The fraction of sp³-hybridized carbons (Fsp3) is 0.400. The topological polar surface area (TPSA) is 140 Å². The van der Waals surface area contributed by atoms with Gasteiger partial charge in [0.1, 0.15) is 24.6 Å². The van der Waals surface area contributed by atoms with Crippen LogP contribution in [0.3, 0.4) is 0 Å². The summed E-state index contributed by atoms with van der Waals surface area (Å²) < 4.78 is 30.0. The van der Waals surface area contributed by atoms with Gasteiger partial charge in [-0.3, -0.25) is 19.2 Å². The molecule has 0 radical (unpaired) electrons. The molecule has 2 aromatic carbocycles. The Morgan fingerprint density at radius 1 is 0.829 bits per heavy atom. The van der Waals surface area contributed by atoms with E-state index in [2.05, 4.69) is 10.6 Å². The van der Waals surface area contributed by atoms with E-state index < -0.39 is 54.4 Å². The number of hydrogen-bond acceptors (Lipinski definition) is 10. The molecule has 0 bridgehead atoms. The van der Waals surface area contributed by atoms with Crippen molar-refractivity contribution in [3.05, 3.63) is 65.4 Å². The Bertz CT molecular complexity index is 1460. The van der Waals surface area contributed by atoms with Crippen LogP contribution in [0.25, 0.3) is 10.9 Å². The summed E-state index contributed by atoms with van der Waals surface area (Å²) in [7, 11) is 1.97. The summed E-state index contributed by atoms with van der Waals surface area (Å²) in [4.78, 5) is 48.0. The number of fused-ring (bicyclic) bond motifs is 1. The minimum absolute atomic E-state index is 0.160. The first kappa shape index (κ1) is 29.6. The first-order valence-corrected chi connectivity index (χ1v) is 13.1. The third kappa shape index (κ3) is 6.86. The van der Waals surface area contributed by atoms with Gasteiger partial charge in [0, 0.05) is 57.9 Å². The van der Waals surface area contributed by atoms with Gasteiger partial charge in [0.2, 0.25) is 0 Å². The first-order valence-electron chi connectivity index (χ1n) is 13.1. The number of phenolic OH excluding ortho intramolecular Hbond substituents is 1. The van der Waals surface area contributed by atoms with E-state index >= 15 is 0 Å². The molecule has 5 atom stereocenters. The number of hydrogen-bond donors (Lipinski definition) is 1. The van der Waals surface area contributed by atoms with Crippen molar-refractivity contribution in [1.29, 1.82) is 0 Å². The number of aromatic nitrogens is 1.